The predicted octanol–water partition coefficient (Wildman–Crippen LogP) is 1.22. The fourth-order valence-electron chi connectivity index (χ4n) is 3.23. The summed E-state index contributed by atoms with van der Waals surface area (Å²) in [6.07, 6.45) is 8.90. The summed E-state index contributed by atoms with van der Waals surface area (Å²) in [7, 11) is 1.83. The van der Waals surface area contributed by atoms with Crippen molar-refractivity contribution in [3.05, 3.63) is 48.8 Å². The predicted molar refractivity (Wildman–Crippen MR) is 97.1 cm³/mol. The minimum Gasteiger partial charge on any atom is -0.344 e. The Balaban J connectivity index is 1.51. The summed E-state index contributed by atoms with van der Waals surface area (Å²) >= 11 is 0. The minimum absolute atomic E-state index is 0.112. The van der Waals surface area contributed by atoms with Crippen LogP contribution >= 0.6 is 0 Å². The van der Waals surface area contributed by atoms with Gasteiger partial charge in [-0.3, -0.25) is 14.6 Å². The van der Waals surface area contributed by atoms with E-state index in [1.807, 2.05) is 40.9 Å². The summed E-state index contributed by atoms with van der Waals surface area (Å²) in [6, 6.07) is 5.78. The van der Waals surface area contributed by atoms with E-state index in [0.717, 1.165) is 12.2 Å². The van der Waals surface area contributed by atoms with Crippen LogP contribution in [0, 0.1) is 5.92 Å². The molecule has 26 heavy (non-hydrogen) atoms. The van der Waals surface area contributed by atoms with Gasteiger partial charge in [0.15, 0.2) is 0 Å². The summed E-state index contributed by atoms with van der Waals surface area (Å²) in [5, 5.41) is 0. The molecule has 138 valence electrons. The van der Waals surface area contributed by atoms with E-state index in [2.05, 4.69) is 9.97 Å². The third-order valence-electron chi connectivity index (χ3n) is 4.84. The Bertz CT molecular complexity index is 717. The molecule has 2 aromatic heterocycles. The molecule has 1 atom stereocenters. The molecule has 7 nitrogen and oxygen atoms in total. The number of pyridine rings is 1. The molecule has 7 heteroatoms. The maximum absolute atomic E-state index is 12.7. The highest BCUT2D eigenvalue weighted by Gasteiger charge is 2.31. The fraction of sp³-hybridized carbons (Fsp3) is 0.474. The first kappa shape index (κ1) is 18.1. The number of aromatic nitrogens is 3. The molecular formula is C19H25N5O2. The molecule has 0 unspecified atom stereocenters. The van der Waals surface area contributed by atoms with Crippen LogP contribution in [-0.4, -0.2) is 62.8 Å². The number of rotatable bonds is 7. The van der Waals surface area contributed by atoms with E-state index in [4.69, 9.17) is 0 Å². The Hall–Kier alpha value is -2.70. The second-order valence-corrected chi connectivity index (χ2v) is 6.71. The number of nitrogens with zero attached hydrogens (tertiary/aromatic N) is 5. The quantitative estimate of drug-likeness (QED) is 0.749. The lowest BCUT2D eigenvalue weighted by molar-refractivity contribution is -0.142. The lowest BCUT2D eigenvalue weighted by Gasteiger charge is -2.34. The first-order valence-electron chi connectivity index (χ1n) is 9.02. The fourth-order valence-corrected chi connectivity index (χ4v) is 3.23. The topological polar surface area (TPSA) is 71.3 Å². The van der Waals surface area contributed by atoms with Gasteiger partial charge in [-0.15, -0.1) is 0 Å². The van der Waals surface area contributed by atoms with E-state index in [1.54, 1.807) is 23.6 Å². The van der Waals surface area contributed by atoms with Gasteiger partial charge in [0.25, 0.3) is 0 Å². The maximum Gasteiger partial charge on any atom is 0.227 e. The Morgan fingerprint density at radius 1 is 1.31 bits per heavy atom. The molecule has 2 aromatic rings. The molecule has 0 N–H and O–H groups in total. The zero-order valence-corrected chi connectivity index (χ0v) is 15.1. The van der Waals surface area contributed by atoms with E-state index in [-0.39, 0.29) is 17.7 Å². The highest BCUT2D eigenvalue weighted by Crippen LogP contribution is 2.20. The zero-order valence-electron chi connectivity index (χ0n) is 15.1. The number of likely N-dealkylation sites (tertiary alicyclic amines) is 1. The van der Waals surface area contributed by atoms with E-state index in [9.17, 15) is 9.59 Å². The van der Waals surface area contributed by atoms with Gasteiger partial charge >= 0.3 is 0 Å². The van der Waals surface area contributed by atoms with Crippen molar-refractivity contribution in [3.63, 3.8) is 0 Å². The van der Waals surface area contributed by atoms with Crippen LogP contribution in [-0.2, 0) is 22.6 Å². The molecule has 1 aliphatic rings. The van der Waals surface area contributed by atoms with Crippen molar-refractivity contribution >= 4 is 11.8 Å². The van der Waals surface area contributed by atoms with Crippen LogP contribution < -0.4 is 0 Å². The molecule has 2 amide bonds. The van der Waals surface area contributed by atoms with Crippen molar-refractivity contribution in [1.82, 2.24) is 24.3 Å². The Kier molecular flexibility index (Phi) is 5.99. The zero-order chi connectivity index (χ0) is 18.4. The van der Waals surface area contributed by atoms with Crippen molar-refractivity contribution in [1.29, 1.82) is 0 Å². The first-order chi connectivity index (χ1) is 12.6. The van der Waals surface area contributed by atoms with Gasteiger partial charge in [0.2, 0.25) is 11.8 Å². The van der Waals surface area contributed by atoms with Crippen LogP contribution in [0.15, 0.2) is 43.1 Å². The summed E-state index contributed by atoms with van der Waals surface area (Å²) in [6.45, 7) is 2.46. The van der Waals surface area contributed by atoms with Gasteiger partial charge in [-0.1, -0.05) is 6.07 Å². The summed E-state index contributed by atoms with van der Waals surface area (Å²) in [4.78, 5) is 36.8. The summed E-state index contributed by atoms with van der Waals surface area (Å²) < 4.78 is 1.95. The Morgan fingerprint density at radius 2 is 2.19 bits per heavy atom. The highest BCUT2D eigenvalue weighted by atomic mass is 16.2. The maximum atomic E-state index is 12.7. The van der Waals surface area contributed by atoms with Crippen LogP contribution in [0.4, 0.5) is 0 Å². The van der Waals surface area contributed by atoms with Crippen molar-refractivity contribution < 1.29 is 9.59 Å². The number of carbonyl (C=O) groups excluding carboxylic acids is 2. The van der Waals surface area contributed by atoms with Crippen molar-refractivity contribution in [2.24, 2.45) is 5.92 Å². The number of hydrogen-bond donors (Lipinski definition) is 0. The van der Waals surface area contributed by atoms with E-state index >= 15 is 0 Å². The molecule has 1 aliphatic heterocycles. The number of amides is 2. The molecule has 3 rings (SSSR count). The SMILES string of the molecule is CN(CCn1ccnc1)C(=O)[C@H]1CCC(=O)N(CCc2ccccn2)C1. The van der Waals surface area contributed by atoms with Crippen LogP contribution in [0.25, 0.3) is 0 Å². The molecule has 0 aromatic carbocycles. The third kappa shape index (κ3) is 4.68. The van der Waals surface area contributed by atoms with Crippen LogP contribution in [0.3, 0.4) is 0 Å². The number of piperidine rings is 1. The summed E-state index contributed by atoms with van der Waals surface area (Å²) in [5.41, 5.74) is 0.964. The van der Waals surface area contributed by atoms with E-state index in [1.165, 1.54) is 0 Å². The smallest absolute Gasteiger partial charge is 0.227 e. The Labute approximate surface area is 153 Å². The normalized spacial score (nSPS) is 17.3. The molecule has 3 heterocycles. The lowest BCUT2D eigenvalue weighted by Crippen LogP contribution is -2.47. The van der Waals surface area contributed by atoms with Gasteiger partial charge in [0.05, 0.1) is 12.2 Å². The molecule has 0 saturated carbocycles. The second-order valence-electron chi connectivity index (χ2n) is 6.71. The van der Waals surface area contributed by atoms with Crippen molar-refractivity contribution in [2.45, 2.75) is 25.8 Å². The standard InChI is InChI=1S/C19H25N5O2/c1-22(12-13-23-11-9-20-15-23)19(26)16-5-6-18(25)24(14-16)10-7-17-4-2-3-8-21-17/h2-4,8-9,11,15-16H,5-7,10,12-14H2,1H3/t16-/m0/s1. The average Bonchev–Trinajstić information content (AvgIpc) is 3.19. The molecule has 0 aliphatic carbocycles. The molecule has 0 spiro atoms. The largest absolute Gasteiger partial charge is 0.344 e. The van der Waals surface area contributed by atoms with Gasteiger partial charge < -0.3 is 14.4 Å². The highest BCUT2D eigenvalue weighted by molar-refractivity contribution is 5.83. The van der Waals surface area contributed by atoms with E-state index in [0.29, 0.717) is 38.9 Å². The third-order valence-corrected chi connectivity index (χ3v) is 4.84. The van der Waals surface area contributed by atoms with Crippen molar-refractivity contribution in [3.8, 4) is 0 Å². The average molecular weight is 355 g/mol. The van der Waals surface area contributed by atoms with Gasteiger partial charge in [0, 0.05) is 70.4 Å². The monoisotopic (exact) mass is 355 g/mol. The van der Waals surface area contributed by atoms with E-state index < -0.39 is 0 Å². The van der Waals surface area contributed by atoms with Crippen molar-refractivity contribution in [2.75, 3.05) is 26.7 Å². The van der Waals surface area contributed by atoms with Gasteiger partial charge in [0.1, 0.15) is 0 Å². The number of likely N-dealkylation sites (N-methyl/N-ethyl adjacent to an activating group) is 1. The number of imidazole rings is 1. The number of carbonyl (C=O) groups is 2. The molecule has 1 saturated heterocycles. The number of hydrogen-bond acceptors (Lipinski definition) is 4. The van der Waals surface area contributed by atoms with Crippen LogP contribution in [0.1, 0.15) is 18.5 Å². The van der Waals surface area contributed by atoms with Gasteiger partial charge in [-0.05, 0) is 18.6 Å². The van der Waals surface area contributed by atoms with Gasteiger partial charge in [-0.25, -0.2) is 4.98 Å². The lowest BCUT2D eigenvalue weighted by atomic mass is 9.96. The second kappa shape index (κ2) is 8.60. The minimum atomic E-state index is -0.121. The molecule has 0 radical (unpaired) electrons. The molecule has 0 bridgehead atoms. The Morgan fingerprint density at radius 3 is 2.92 bits per heavy atom. The van der Waals surface area contributed by atoms with Crippen LogP contribution in [0.5, 0.6) is 0 Å². The van der Waals surface area contributed by atoms with Gasteiger partial charge in [-0.2, -0.15) is 0 Å². The van der Waals surface area contributed by atoms with Crippen LogP contribution in [0.2, 0.25) is 0 Å². The summed E-state index contributed by atoms with van der Waals surface area (Å²) in [5.74, 6) is 0.121. The molecule has 1 fully saturated rings. The first-order valence-corrected chi connectivity index (χ1v) is 9.02. The molecular weight excluding hydrogens is 330 g/mol.